The zero-order valence-electron chi connectivity index (χ0n) is 15.5. The third kappa shape index (κ3) is 4.65. The first-order chi connectivity index (χ1) is 12.3. The summed E-state index contributed by atoms with van der Waals surface area (Å²) < 4.78 is 10.4. The van der Waals surface area contributed by atoms with Gasteiger partial charge in [0, 0.05) is 6.54 Å². The number of carbonyl (C=O) groups excluding carboxylic acids is 3. The molecule has 4 amide bonds. The molecule has 1 aromatic carbocycles. The van der Waals surface area contributed by atoms with Gasteiger partial charge in [-0.2, -0.15) is 0 Å². The fourth-order valence-electron chi connectivity index (χ4n) is 2.75. The van der Waals surface area contributed by atoms with Crippen molar-refractivity contribution >= 4 is 17.8 Å². The van der Waals surface area contributed by atoms with Crippen LogP contribution < -0.4 is 20.1 Å². The highest BCUT2D eigenvalue weighted by Crippen LogP contribution is 2.27. The first-order valence-electron chi connectivity index (χ1n) is 8.45. The van der Waals surface area contributed by atoms with E-state index >= 15 is 0 Å². The number of carbonyl (C=O) groups is 3. The number of hydrogen-bond acceptors (Lipinski definition) is 5. The van der Waals surface area contributed by atoms with Crippen molar-refractivity contribution in [1.29, 1.82) is 0 Å². The lowest BCUT2D eigenvalue weighted by Crippen LogP contribution is -2.41. The molecule has 0 spiro atoms. The van der Waals surface area contributed by atoms with Gasteiger partial charge >= 0.3 is 6.03 Å². The molecular weight excluding hydrogens is 338 g/mol. The highest BCUT2D eigenvalue weighted by molar-refractivity contribution is 6.06. The Hall–Kier alpha value is -2.77. The molecular formula is C18H25N3O5. The summed E-state index contributed by atoms with van der Waals surface area (Å²) >= 11 is 0. The molecule has 2 rings (SSSR count). The minimum Gasteiger partial charge on any atom is -0.493 e. The Bertz CT molecular complexity index is 689. The Morgan fingerprint density at radius 1 is 1.23 bits per heavy atom. The molecule has 8 nitrogen and oxygen atoms in total. The van der Waals surface area contributed by atoms with E-state index in [1.807, 2.05) is 13.8 Å². The van der Waals surface area contributed by atoms with Crippen molar-refractivity contribution in [2.24, 2.45) is 5.92 Å². The number of nitrogens with zero attached hydrogens (tertiary/aromatic N) is 1. The highest BCUT2D eigenvalue weighted by atomic mass is 16.5. The summed E-state index contributed by atoms with van der Waals surface area (Å²) in [6.45, 7) is 3.89. The summed E-state index contributed by atoms with van der Waals surface area (Å²) in [7, 11) is 3.08. The average molecular weight is 363 g/mol. The quantitative estimate of drug-likeness (QED) is 0.679. The van der Waals surface area contributed by atoms with Crippen LogP contribution in [0.5, 0.6) is 11.5 Å². The lowest BCUT2D eigenvalue weighted by molar-refractivity contribution is -0.132. The van der Waals surface area contributed by atoms with Gasteiger partial charge in [-0.25, -0.2) is 4.79 Å². The highest BCUT2D eigenvalue weighted by Gasteiger charge is 2.38. The number of urea groups is 1. The summed E-state index contributed by atoms with van der Waals surface area (Å²) in [6, 6.07) is 4.22. The second kappa shape index (κ2) is 8.55. The first kappa shape index (κ1) is 19.6. The number of amides is 4. The van der Waals surface area contributed by atoms with Crippen molar-refractivity contribution < 1.29 is 23.9 Å². The summed E-state index contributed by atoms with van der Waals surface area (Å²) in [4.78, 5) is 37.3. The molecule has 1 heterocycles. The van der Waals surface area contributed by atoms with Crippen molar-refractivity contribution in [2.45, 2.75) is 32.9 Å². The molecule has 26 heavy (non-hydrogen) atoms. The lowest BCUT2D eigenvalue weighted by Gasteiger charge is -2.14. The van der Waals surface area contributed by atoms with Gasteiger partial charge in [0.1, 0.15) is 12.6 Å². The molecule has 0 unspecified atom stereocenters. The Kier molecular flexibility index (Phi) is 6.43. The molecule has 1 atom stereocenters. The summed E-state index contributed by atoms with van der Waals surface area (Å²) in [6.07, 6.45) is 0.550. The monoisotopic (exact) mass is 363 g/mol. The van der Waals surface area contributed by atoms with Gasteiger partial charge < -0.3 is 20.1 Å². The van der Waals surface area contributed by atoms with E-state index in [2.05, 4.69) is 10.6 Å². The van der Waals surface area contributed by atoms with Crippen LogP contribution in [0, 0.1) is 5.92 Å². The molecule has 8 heteroatoms. The van der Waals surface area contributed by atoms with Crippen LogP contribution >= 0.6 is 0 Å². The molecule has 0 radical (unpaired) electrons. The van der Waals surface area contributed by atoms with E-state index in [1.54, 1.807) is 25.3 Å². The topological polar surface area (TPSA) is 97.0 Å². The fraction of sp³-hybridized carbons (Fsp3) is 0.500. The number of methoxy groups -OCH3 is 2. The molecule has 1 aliphatic heterocycles. The Morgan fingerprint density at radius 3 is 2.54 bits per heavy atom. The zero-order valence-corrected chi connectivity index (χ0v) is 15.5. The van der Waals surface area contributed by atoms with Crippen LogP contribution in [0.2, 0.25) is 0 Å². The van der Waals surface area contributed by atoms with E-state index in [-0.39, 0.29) is 24.9 Å². The maximum atomic E-state index is 12.2. The minimum atomic E-state index is -0.554. The van der Waals surface area contributed by atoms with Crippen molar-refractivity contribution in [2.75, 3.05) is 20.8 Å². The second-order valence-electron chi connectivity index (χ2n) is 6.52. The van der Waals surface area contributed by atoms with Crippen LogP contribution in [0.15, 0.2) is 18.2 Å². The standard InChI is InChI=1S/C18H25N3O5/c1-11(2)7-13-17(23)21(18(24)20-13)10-16(22)19-9-12-5-6-14(25-3)15(8-12)26-4/h5-6,8,11,13H,7,9-10H2,1-4H3,(H,19,22)(H,20,24)/t13-/m1/s1. The van der Waals surface area contributed by atoms with Gasteiger partial charge in [-0.15, -0.1) is 0 Å². The molecule has 2 N–H and O–H groups in total. The Labute approximate surface area is 152 Å². The number of ether oxygens (including phenoxy) is 2. The van der Waals surface area contributed by atoms with Gasteiger partial charge in [-0.3, -0.25) is 14.5 Å². The Morgan fingerprint density at radius 2 is 1.92 bits per heavy atom. The third-order valence-electron chi connectivity index (χ3n) is 4.05. The molecule has 0 aliphatic carbocycles. The average Bonchev–Trinajstić information content (AvgIpc) is 2.86. The van der Waals surface area contributed by atoms with Crippen molar-refractivity contribution in [1.82, 2.24) is 15.5 Å². The predicted molar refractivity (Wildman–Crippen MR) is 94.9 cm³/mol. The maximum absolute atomic E-state index is 12.2. The van der Waals surface area contributed by atoms with Crippen molar-refractivity contribution in [3.05, 3.63) is 23.8 Å². The van der Waals surface area contributed by atoms with Gasteiger partial charge in [0.15, 0.2) is 11.5 Å². The van der Waals surface area contributed by atoms with E-state index in [1.165, 1.54) is 7.11 Å². The summed E-state index contributed by atoms with van der Waals surface area (Å²) in [5, 5.41) is 5.32. The van der Waals surface area contributed by atoms with Crippen LogP contribution in [0.1, 0.15) is 25.8 Å². The Balaban J connectivity index is 1.91. The van der Waals surface area contributed by atoms with E-state index < -0.39 is 18.0 Å². The summed E-state index contributed by atoms with van der Waals surface area (Å²) in [5.74, 6) is 0.657. The predicted octanol–water partition coefficient (Wildman–Crippen LogP) is 1.29. The van der Waals surface area contributed by atoms with Crippen LogP contribution in [0.4, 0.5) is 4.79 Å². The fourth-order valence-corrected chi connectivity index (χ4v) is 2.75. The first-order valence-corrected chi connectivity index (χ1v) is 8.45. The number of rotatable bonds is 8. The SMILES string of the molecule is COc1ccc(CNC(=O)CN2C(=O)N[C@H](CC(C)C)C2=O)cc1OC. The lowest BCUT2D eigenvalue weighted by atomic mass is 10.0. The van der Waals surface area contributed by atoms with Crippen LogP contribution in [0.3, 0.4) is 0 Å². The van der Waals surface area contributed by atoms with E-state index in [0.717, 1.165) is 10.5 Å². The molecule has 1 saturated heterocycles. The van der Waals surface area contributed by atoms with E-state index in [9.17, 15) is 14.4 Å². The molecule has 1 aromatic rings. The second-order valence-corrected chi connectivity index (χ2v) is 6.52. The van der Waals surface area contributed by atoms with E-state index in [4.69, 9.17) is 9.47 Å². The molecule has 1 fully saturated rings. The van der Waals surface area contributed by atoms with Crippen LogP contribution in [0.25, 0.3) is 0 Å². The largest absolute Gasteiger partial charge is 0.493 e. The molecule has 0 bridgehead atoms. The molecule has 0 saturated carbocycles. The number of benzene rings is 1. The van der Waals surface area contributed by atoms with Crippen LogP contribution in [-0.4, -0.2) is 49.6 Å². The van der Waals surface area contributed by atoms with Gasteiger partial charge in [0.05, 0.1) is 14.2 Å². The van der Waals surface area contributed by atoms with Crippen molar-refractivity contribution in [3.8, 4) is 11.5 Å². The molecule has 1 aliphatic rings. The van der Waals surface area contributed by atoms with Gasteiger partial charge in [0.2, 0.25) is 5.91 Å². The minimum absolute atomic E-state index is 0.248. The smallest absolute Gasteiger partial charge is 0.325 e. The summed E-state index contributed by atoms with van der Waals surface area (Å²) in [5.41, 5.74) is 0.811. The van der Waals surface area contributed by atoms with Crippen molar-refractivity contribution in [3.63, 3.8) is 0 Å². The molecule has 0 aromatic heterocycles. The third-order valence-corrected chi connectivity index (χ3v) is 4.05. The van der Waals surface area contributed by atoms with Gasteiger partial charge in [0.25, 0.3) is 5.91 Å². The van der Waals surface area contributed by atoms with Gasteiger partial charge in [-0.1, -0.05) is 19.9 Å². The van der Waals surface area contributed by atoms with Crippen LogP contribution in [-0.2, 0) is 16.1 Å². The number of hydrogen-bond donors (Lipinski definition) is 2. The van der Waals surface area contributed by atoms with Gasteiger partial charge in [-0.05, 0) is 30.0 Å². The maximum Gasteiger partial charge on any atom is 0.325 e. The zero-order chi connectivity index (χ0) is 19.3. The normalized spacial score (nSPS) is 16.7. The van der Waals surface area contributed by atoms with E-state index in [0.29, 0.717) is 17.9 Å². The number of nitrogens with one attached hydrogen (secondary N) is 2. The molecule has 142 valence electrons. The number of imide groups is 1.